The van der Waals surface area contributed by atoms with Crippen molar-refractivity contribution >= 4 is 23.3 Å². The van der Waals surface area contributed by atoms with Gasteiger partial charge in [0, 0.05) is 18.5 Å². The number of hydrogen-bond donors (Lipinski definition) is 2. The van der Waals surface area contributed by atoms with Gasteiger partial charge in [0.15, 0.2) is 0 Å². The average molecular weight is 343 g/mol. The third kappa shape index (κ3) is 2.78. The van der Waals surface area contributed by atoms with Crippen LogP contribution in [0.5, 0.6) is 0 Å². The Bertz CT molecular complexity index is 706. The maximum Gasteiger partial charge on any atom is 0.352 e. The molecule has 0 saturated carbocycles. The number of fused-ring (bicyclic) bond motifs is 2. The minimum absolute atomic E-state index is 0.00611. The summed E-state index contributed by atoms with van der Waals surface area (Å²) in [5.41, 5.74) is 0.716. The molecule has 2 N–H and O–H groups in total. The SMILES string of the molecule is O=C(O)C1=NN(c2ccccc2)C(C(=O)N2[C@@H]3CC[C@H]2CC(O)C3)C1. The molecule has 1 amide bonds. The van der Waals surface area contributed by atoms with Crippen LogP contribution in [0.2, 0.25) is 0 Å². The highest BCUT2D eigenvalue weighted by Gasteiger charge is 2.47. The maximum absolute atomic E-state index is 13.3. The van der Waals surface area contributed by atoms with Gasteiger partial charge in [0.1, 0.15) is 11.8 Å². The largest absolute Gasteiger partial charge is 0.477 e. The van der Waals surface area contributed by atoms with Crippen molar-refractivity contribution in [3.8, 4) is 0 Å². The van der Waals surface area contributed by atoms with Gasteiger partial charge >= 0.3 is 5.97 Å². The van der Waals surface area contributed by atoms with Crippen LogP contribution in [0, 0.1) is 0 Å². The van der Waals surface area contributed by atoms with Crippen LogP contribution in [0.1, 0.15) is 32.1 Å². The van der Waals surface area contributed by atoms with E-state index in [0.29, 0.717) is 18.5 Å². The van der Waals surface area contributed by atoms with Crippen LogP contribution in [0.15, 0.2) is 35.4 Å². The van der Waals surface area contributed by atoms with Crippen LogP contribution in [-0.2, 0) is 9.59 Å². The summed E-state index contributed by atoms with van der Waals surface area (Å²) in [4.78, 5) is 26.5. The number of para-hydroxylation sites is 1. The van der Waals surface area contributed by atoms with Gasteiger partial charge in [-0.1, -0.05) is 18.2 Å². The van der Waals surface area contributed by atoms with E-state index in [2.05, 4.69) is 5.10 Å². The summed E-state index contributed by atoms with van der Waals surface area (Å²) < 4.78 is 0. The van der Waals surface area contributed by atoms with Gasteiger partial charge in [0.2, 0.25) is 5.91 Å². The zero-order chi connectivity index (χ0) is 17.6. The molecule has 1 aromatic rings. The normalized spacial score (nSPS) is 31.2. The second kappa shape index (κ2) is 6.15. The predicted molar refractivity (Wildman–Crippen MR) is 91.3 cm³/mol. The van der Waals surface area contributed by atoms with Crippen LogP contribution >= 0.6 is 0 Å². The lowest BCUT2D eigenvalue weighted by Crippen LogP contribution is -2.54. The number of carboxylic acids is 1. The third-order valence-electron chi connectivity index (χ3n) is 5.43. The molecule has 3 aliphatic heterocycles. The number of benzene rings is 1. The monoisotopic (exact) mass is 343 g/mol. The van der Waals surface area contributed by atoms with Crippen LogP contribution in [0.4, 0.5) is 5.69 Å². The van der Waals surface area contributed by atoms with Gasteiger partial charge in [-0.25, -0.2) is 4.79 Å². The van der Waals surface area contributed by atoms with Crippen molar-refractivity contribution < 1.29 is 19.8 Å². The molecular formula is C18H21N3O4. The second-order valence-electron chi connectivity index (χ2n) is 7.01. The Labute approximate surface area is 145 Å². The number of carbonyl (C=O) groups excluding carboxylic acids is 1. The van der Waals surface area contributed by atoms with Crippen molar-refractivity contribution in [2.75, 3.05) is 5.01 Å². The molecule has 25 heavy (non-hydrogen) atoms. The van der Waals surface area contributed by atoms with E-state index < -0.39 is 12.0 Å². The van der Waals surface area contributed by atoms with Crippen LogP contribution in [0.25, 0.3) is 0 Å². The molecule has 2 unspecified atom stereocenters. The molecule has 0 radical (unpaired) electrons. The highest BCUT2D eigenvalue weighted by Crippen LogP contribution is 2.38. The molecule has 2 fully saturated rings. The van der Waals surface area contributed by atoms with E-state index in [1.165, 1.54) is 5.01 Å². The zero-order valence-corrected chi connectivity index (χ0v) is 13.8. The minimum Gasteiger partial charge on any atom is -0.477 e. The molecule has 4 rings (SSSR count). The van der Waals surface area contributed by atoms with Gasteiger partial charge in [0.25, 0.3) is 0 Å². The Hall–Kier alpha value is -2.41. The quantitative estimate of drug-likeness (QED) is 0.861. The summed E-state index contributed by atoms with van der Waals surface area (Å²) in [6.07, 6.45) is 2.76. The number of amides is 1. The summed E-state index contributed by atoms with van der Waals surface area (Å²) in [6.45, 7) is 0. The summed E-state index contributed by atoms with van der Waals surface area (Å²) in [5, 5.41) is 25.0. The molecule has 0 aromatic heterocycles. The first-order valence-electron chi connectivity index (χ1n) is 8.70. The van der Waals surface area contributed by atoms with Crippen LogP contribution < -0.4 is 5.01 Å². The van der Waals surface area contributed by atoms with Crippen molar-refractivity contribution in [3.63, 3.8) is 0 Å². The van der Waals surface area contributed by atoms with E-state index in [4.69, 9.17) is 0 Å². The summed E-state index contributed by atoms with van der Waals surface area (Å²) in [7, 11) is 0. The first kappa shape index (κ1) is 16.1. The highest BCUT2D eigenvalue weighted by molar-refractivity contribution is 6.37. The molecule has 1 aromatic carbocycles. The fourth-order valence-corrected chi connectivity index (χ4v) is 4.33. The molecule has 132 valence electrons. The van der Waals surface area contributed by atoms with Crippen molar-refractivity contribution in [1.82, 2.24) is 4.90 Å². The number of carboxylic acid groups (broad SMARTS) is 1. The topological polar surface area (TPSA) is 93.4 Å². The lowest BCUT2D eigenvalue weighted by Gasteiger charge is -2.39. The summed E-state index contributed by atoms with van der Waals surface area (Å²) in [6, 6.07) is 8.65. The van der Waals surface area contributed by atoms with E-state index in [9.17, 15) is 19.8 Å². The van der Waals surface area contributed by atoms with Gasteiger partial charge in [-0.2, -0.15) is 5.10 Å². The first-order valence-corrected chi connectivity index (χ1v) is 8.70. The number of carbonyl (C=O) groups is 2. The average Bonchev–Trinajstić information content (AvgIpc) is 3.16. The van der Waals surface area contributed by atoms with E-state index in [0.717, 1.165) is 12.8 Å². The Morgan fingerprint density at radius 2 is 1.72 bits per heavy atom. The smallest absolute Gasteiger partial charge is 0.352 e. The van der Waals surface area contributed by atoms with Crippen molar-refractivity contribution in [1.29, 1.82) is 0 Å². The predicted octanol–water partition coefficient (Wildman–Crippen LogP) is 1.22. The molecular weight excluding hydrogens is 322 g/mol. The molecule has 2 saturated heterocycles. The van der Waals surface area contributed by atoms with Crippen molar-refractivity contribution in [3.05, 3.63) is 30.3 Å². The van der Waals surface area contributed by atoms with E-state index in [-0.39, 0.29) is 36.2 Å². The molecule has 7 nitrogen and oxygen atoms in total. The summed E-state index contributed by atoms with van der Waals surface area (Å²) >= 11 is 0. The number of aliphatic hydroxyl groups is 1. The Morgan fingerprint density at radius 3 is 2.32 bits per heavy atom. The lowest BCUT2D eigenvalue weighted by molar-refractivity contribution is -0.138. The van der Waals surface area contributed by atoms with Gasteiger partial charge in [-0.15, -0.1) is 0 Å². The molecule has 3 aliphatic rings. The molecule has 2 bridgehead atoms. The zero-order valence-electron chi connectivity index (χ0n) is 13.8. The molecule has 3 heterocycles. The highest BCUT2D eigenvalue weighted by atomic mass is 16.4. The van der Waals surface area contributed by atoms with Crippen LogP contribution in [-0.4, -0.2) is 56.9 Å². The van der Waals surface area contributed by atoms with Gasteiger partial charge < -0.3 is 15.1 Å². The maximum atomic E-state index is 13.3. The number of hydrazone groups is 1. The Kier molecular flexibility index (Phi) is 3.95. The third-order valence-corrected chi connectivity index (χ3v) is 5.43. The lowest BCUT2D eigenvalue weighted by atomic mass is 9.98. The molecule has 4 atom stereocenters. The van der Waals surface area contributed by atoms with Crippen molar-refractivity contribution in [2.45, 2.75) is 56.3 Å². The minimum atomic E-state index is -1.09. The van der Waals surface area contributed by atoms with E-state index >= 15 is 0 Å². The Morgan fingerprint density at radius 1 is 1.08 bits per heavy atom. The van der Waals surface area contributed by atoms with Crippen molar-refractivity contribution in [2.24, 2.45) is 5.10 Å². The summed E-state index contributed by atoms with van der Waals surface area (Å²) in [5.74, 6) is -1.17. The van der Waals surface area contributed by atoms with Crippen LogP contribution in [0.3, 0.4) is 0 Å². The number of rotatable bonds is 3. The number of aliphatic carboxylic acids is 1. The fourth-order valence-electron chi connectivity index (χ4n) is 4.33. The second-order valence-corrected chi connectivity index (χ2v) is 7.01. The van der Waals surface area contributed by atoms with E-state index in [1.807, 2.05) is 35.2 Å². The molecule has 0 spiro atoms. The van der Waals surface area contributed by atoms with E-state index in [1.54, 1.807) is 0 Å². The fraction of sp³-hybridized carbons (Fsp3) is 0.500. The molecule has 7 heteroatoms. The standard InChI is InChI=1S/C18H21N3O4/c22-14-8-12-6-7-13(9-14)20(12)17(23)16-10-15(18(24)25)19-21(16)11-4-2-1-3-5-11/h1-5,12-14,16,22H,6-10H2,(H,24,25)/t12-,13+,14?,16?. The number of piperidine rings is 1. The number of hydrogen-bond acceptors (Lipinski definition) is 5. The first-order chi connectivity index (χ1) is 12.0. The number of nitrogens with zero attached hydrogens (tertiary/aromatic N) is 3. The number of aliphatic hydroxyl groups excluding tert-OH is 1. The molecule has 0 aliphatic carbocycles. The van der Waals surface area contributed by atoms with Gasteiger partial charge in [-0.05, 0) is 37.8 Å². The Balaban J connectivity index is 1.62. The van der Waals surface area contributed by atoms with Gasteiger partial charge in [-0.3, -0.25) is 9.80 Å². The number of anilines is 1. The van der Waals surface area contributed by atoms with Gasteiger partial charge in [0.05, 0.1) is 11.8 Å².